The minimum atomic E-state index is -0.711. The molecule has 2 aromatic rings. The molecule has 0 aliphatic carbocycles. The van der Waals surface area contributed by atoms with Crippen LogP contribution in [0.3, 0.4) is 0 Å². The van der Waals surface area contributed by atoms with Crippen molar-refractivity contribution in [3.63, 3.8) is 0 Å². The molecule has 0 saturated heterocycles. The van der Waals surface area contributed by atoms with Gasteiger partial charge in [0.2, 0.25) is 0 Å². The quantitative estimate of drug-likeness (QED) is 0.525. The fraction of sp³-hybridized carbons (Fsp3) is 0.300. The number of fused-ring (bicyclic) bond motifs is 2. The zero-order valence-electron chi connectivity index (χ0n) is 17.5. The van der Waals surface area contributed by atoms with Crippen molar-refractivity contribution < 1.29 is 4.79 Å². The largest absolute Gasteiger partial charge is 2.00 e. The molecule has 1 aliphatic heterocycles. The van der Waals surface area contributed by atoms with Crippen molar-refractivity contribution in [2.24, 2.45) is 0 Å². The van der Waals surface area contributed by atoms with Crippen LogP contribution in [0, 0.1) is 7.43 Å². The summed E-state index contributed by atoms with van der Waals surface area (Å²) in [6.07, 6.45) is 0. The van der Waals surface area contributed by atoms with Gasteiger partial charge < -0.3 is 28.3 Å². The van der Waals surface area contributed by atoms with Crippen LogP contribution in [0.15, 0.2) is 52.3 Å². The Hall–Kier alpha value is -2.01. The number of anilines is 3. The number of hydrogen-bond donors (Lipinski definition) is 1. The number of benzene rings is 2. The van der Waals surface area contributed by atoms with Gasteiger partial charge in [0.15, 0.2) is 6.03 Å². The van der Waals surface area contributed by atoms with E-state index in [4.69, 9.17) is 5.73 Å². The van der Waals surface area contributed by atoms with Crippen LogP contribution >= 0.6 is 11.8 Å². The fourth-order valence-electron chi connectivity index (χ4n) is 2.24. The van der Waals surface area contributed by atoms with Crippen LogP contribution in [0.25, 0.3) is 5.73 Å². The maximum atomic E-state index is 11.7. The van der Waals surface area contributed by atoms with E-state index in [0.717, 1.165) is 26.9 Å². The Morgan fingerprint density at radius 1 is 1.04 bits per heavy atom. The van der Waals surface area contributed by atoms with E-state index in [-0.39, 0.29) is 17.5 Å². The Kier molecular flexibility index (Phi) is 13.3. The molecule has 2 N–H and O–H groups in total. The van der Waals surface area contributed by atoms with Gasteiger partial charge in [-0.25, -0.2) is 0 Å². The van der Waals surface area contributed by atoms with Gasteiger partial charge in [0, 0.05) is 29.6 Å². The van der Waals surface area contributed by atoms with Crippen molar-refractivity contribution in [1.29, 1.82) is 0 Å². The van der Waals surface area contributed by atoms with E-state index in [1.165, 1.54) is 4.90 Å². The Labute approximate surface area is 172 Å². The minimum Gasteiger partial charge on any atom is -0.447 e. The summed E-state index contributed by atoms with van der Waals surface area (Å²) in [6.45, 7) is 4.00. The molecule has 0 saturated carbocycles. The molecule has 0 radical (unpaired) electrons. The van der Waals surface area contributed by atoms with Gasteiger partial charge in [-0.15, -0.1) is 0 Å². The maximum Gasteiger partial charge on any atom is 2.00 e. The number of nitrogens with one attached hydrogen (secondary N) is 2. The van der Waals surface area contributed by atoms with E-state index >= 15 is 0 Å². The van der Waals surface area contributed by atoms with Gasteiger partial charge in [0.1, 0.15) is 0 Å². The van der Waals surface area contributed by atoms with E-state index in [0.29, 0.717) is 0 Å². The zero-order valence-corrected chi connectivity index (χ0v) is 18.3. The van der Waals surface area contributed by atoms with Crippen LogP contribution in [-0.4, -0.2) is 44.3 Å². The molecule has 0 fully saturated rings. The second-order valence-corrected chi connectivity index (χ2v) is 6.34. The van der Waals surface area contributed by atoms with Crippen LogP contribution in [0.5, 0.6) is 0 Å². The molecule has 0 aromatic heterocycles. The number of carbonyl (C=O) groups excluding carboxylic acids is 1. The van der Waals surface area contributed by atoms with Crippen molar-refractivity contribution in [3.05, 3.63) is 55.6 Å². The van der Waals surface area contributed by atoms with Crippen LogP contribution < -0.4 is 15.1 Å². The number of amides is 2. The van der Waals surface area contributed by atoms with E-state index < -0.39 is 6.03 Å². The Morgan fingerprint density at radius 2 is 1.56 bits per heavy atom. The van der Waals surface area contributed by atoms with Crippen molar-refractivity contribution in [2.75, 3.05) is 38.0 Å². The van der Waals surface area contributed by atoms with Gasteiger partial charge >= 0.3 is 10.1 Å². The third kappa shape index (κ3) is 6.58. The number of urea groups is 1. The maximum absolute atomic E-state index is 11.7. The van der Waals surface area contributed by atoms with Crippen molar-refractivity contribution in [1.82, 2.24) is 5.32 Å². The summed E-state index contributed by atoms with van der Waals surface area (Å²) in [4.78, 5) is 17.2. The summed E-state index contributed by atoms with van der Waals surface area (Å²) in [7, 11) is 7.72. The van der Waals surface area contributed by atoms with E-state index in [2.05, 4.69) is 5.32 Å². The van der Waals surface area contributed by atoms with E-state index in [1.807, 2.05) is 89.4 Å². The minimum absolute atomic E-state index is 0. The van der Waals surface area contributed by atoms with Gasteiger partial charge in [-0.05, 0) is 43.7 Å². The molecule has 2 amide bonds. The third-order valence-electron chi connectivity index (χ3n) is 3.23. The molecule has 0 spiro atoms. The topological polar surface area (TPSA) is 59.4 Å². The number of rotatable bonds is 1. The van der Waals surface area contributed by atoms with Crippen LogP contribution in [0.4, 0.5) is 21.9 Å². The van der Waals surface area contributed by atoms with Gasteiger partial charge in [0.25, 0.3) is 0 Å². The first-order chi connectivity index (χ1) is 12.0. The fourth-order valence-corrected chi connectivity index (χ4v) is 3.33. The molecule has 3 rings (SSSR count). The van der Waals surface area contributed by atoms with Gasteiger partial charge in [-0.2, -0.15) is 0 Å². The first kappa shape index (κ1) is 27.2. The summed E-state index contributed by atoms with van der Waals surface area (Å²) >= 11 is 1.63. The normalized spacial score (nSPS) is 10.2. The molecule has 0 atom stereocenters. The smallest absolute Gasteiger partial charge is 0.447 e. The predicted octanol–water partition coefficient (Wildman–Crippen LogP) is 5.46. The average Bonchev–Trinajstić information content (AvgIpc) is 2.61. The summed E-state index contributed by atoms with van der Waals surface area (Å²) < 4.78 is 0. The molecule has 0 unspecified atom stereocenters. The summed E-state index contributed by atoms with van der Waals surface area (Å²) in [6, 6.07) is 12.9. The first-order valence-corrected chi connectivity index (χ1v) is 9.03. The van der Waals surface area contributed by atoms with E-state index in [1.54, 1.807) is 11.8 Å². The van der Waals surface area contributed by atoms with Gasteiger partial charge in [0.05, 0.1) is 0 Å². The van der Waals surface area contributed by atoms with Crippen LogP contribution in [0.2, 0.25) is 0 Å². The molecule has 5 nitrogen and oxygen atoms in total. The number of hydrogen-bond acceptors (Lipinski definition) is 4. The Morgan fingerprint density at radius 3 is 2.07 bits per heavy atom. The molecular formula is C20H30BeN4OS. The molecular weight excluding hydrogens is 353 g/mol. The number of nitrogens with zero attached hydrogens (tertiary/aromatic N) is 2. The molecule has 27 heavy (non-hydrogen) atoms. The van der Waals surface area contributed by atoms with Crippen molar-refractivity contribution >= 4 is 45.0 Å². The monoisotopic (exact) mass is 383 g/mol. The summed E-state index contributed by atoms with van der Waals surface area (Å²) in [5, 5.41) is 2.75. The number of para-hydroxylation sites is 1. The Bertz CT molecular complexity index is 710. The predicted molar refractivity (Wildman–Crippen MR) is 122 cm³/mol. The van der Waals surface area contributed by atoms with E-state index in [9.17, 15) is 4.79 Å². The molecule has 2 aromatic carbocycles. The first-order valence-electron chi connectivity index (χ1n) is 8.22. The number of carbonyl (C=O) groups is 1. The summed E-state index contributed by atoms with van der Waals surface area (Å²) in [5.74, 6) is 0. The van der Waals surface area contributed by atoms with Crippen LogP contribution in [0.1, 0.15) is 13.8 Å². The standard InChI is InChI=1S/C15H15N3OS.C2H7N.C2H6.CH3.Be/c1-17(2)10-7-8-12-14(9-10)20-13-6-4-3-5-11(13)18(12)15(16)19;1-3-2;1-2;;/h3-9H,1-2H3,(H2,16,19);3H,1-2H3;1-2H3;1H3;/q;;;-1;+2/p-1. The van der Waals surface area contributed by atoms with Gasteiger partial charge in [-0.1, -0.05) is 49.9 Å². The second-order valence-electron chi connectivity index (χ2n) is 5.26. The third-order valence-corrected chi connectivity index (χ3v) is 4.34. The Balaban J connectivity index is 0. The zero-order chi connectivity index (χ0) is 19.0. The molecule has 1 heterocycles. The second kappa shape index (κ2) is 13.2. The molecule has 1 aliphatic rings. The van der Waals surface area contributed by atoms with Gasteiger partial charge in [-0.3, -0.25) is 4.79 Å². The average molecular weight is 384 g/mol. The SMILES string of the molecule is CC.CN(C)c1ccc2c(c1)Sc1ccccc1N2C([NH-])=O.CNC.[Be+2].[CH3-]. The molecule has 144 valence electrons. The van der Waals surface area contributed by atoms with Crippen molar-refractivity contribution in [2.45, 2.75) is 23.6 Å². The molecule has 7 heteroatoms. The van der Waals surface area contributed by atoms with Crippen LogP contribution in [-0.2, 0) is 0 Å². The molecule has 0 bridgehead atoms. The summed E-state index contributed by atoms with van der Waals surface area (Å²) in [5.41, 5.74) is 10.2. The van der Waals surface area contributed by atoms with Crippen molar-refractivity contribution in [3.8, 4) is 0 Å².